The topological polar surface area (TPSA) is 33.5 Å². The van der Waals surface area contributed by atoms with Crippen molar-refractivity contribution in [3.05, 3.63) is 94.8 Å². The molecule has 1 aromatic heterocycles. The minimum atomic E-state index is 0.453. The molecule has 6 heteroatoms. The highest BCUT2D eigenvalue weighted by Gasteiger charge is 2.23. The molecule has 0 bridgehead atoms. The molecule has 2 saturated heterocycles. The molecule has 0 spiro atoms. The second-order valence-corrected chi connectivity index (χ2v) is 14.0. The van der Waals surface area contributed by atoms with Gasteiger partial charge in [-0.1, -0.05) is 60.5 Å². The van der Waals surface area contributed by atoms with E-state index in [1.54, 1.807) is 0 Å². The molecule has 0 aliphatic carbocycles. The number of hydrogen-bond acceptors (Lipinski definition) is 4. The SMILES string of the molecule is Cc1cccc2c1nc(COc1ccc(Cl)cc1)n2CCCC1CCCN(CCC(Cc2ccccc2)CN2CCCCC2)C1. The Kier molecular flexibility index (Phi) is 11.5. The van der Waals surface area contributed by atoms with Gasteiger partial charge in [0.15, 0.2) is 0 Å². The zero-order valence-corrected chi connectivity index (χ0v) is 27.9. The third-order valence-corrected chi connectivity index (χ3v) is 10.3. The van der Waals surface area contributed by atoms with Gasteiger partial charge in [0.1, 0.15) is 18.2 Å². The largest absolute Gasteiger partial charge is 0.486 e. The van der Waals surface area contributed by atoms with E-state index >= 15 is 0 Å². The third kappa shape index (κ3) is 9.12. The number of rotatable bonds is 14. The number of halogens is 1. The number of para-hydroxylation sites is 1. The summed E-state index contributed by atoms with van der Waals surface area (Å²) in [6, 6.07) is 25.3. The molecule has 0 saturated carbocycles. The lowest BCUT2D eigenvalue weighted by Crippen LogP contribution is -2.39. The molecule has 0 radical (unpaired) electrons. The number of nitrogens with zero attached hydrogens (tertiary/aromatic N) is 4. The van der Waals surface area contributed by atoms with Crippen LogP contribution in [0.4, 0.5) is 0 Å². The van der Waals surface area contributed by atoms with E-state index in [2.05, 4.69) is 69.8 Å². The number of fused-ring (bicyclic) bond motifs is 1. The van der Waals surface area contributed by atoms with E-state index in [-0.39, 0.29) is 0 Å². The number of aryl methyl sites for hydroxylation is 2. The van der Waals surface area contributed by atoms with Crippen molar-refractivity contribution in [1.82, 2.24) is 19.4 Å². The molecule has 0 amide bonds. The summed E-state index contributed by atoms with van der Waals surface area (Å²) >= 11 is 6.08. The van der Waals surface area contributed by atoms with Gasteiger partial charge in [0.05, 0.1) is 11.0 Å². The molecule has 5 nitrogen and oxygen atoms in total. The van der Waals surface area contributed by atoms with Gasteiger partial charge in [-0.15, -0.1) is 0 Å². The molecule has 4 aromatic rings. The number of piperidine rings is 2. The van der Waals surface area contributed by atoms with Crippen LogP contribution in [0.2, 0.25) is 5.02 Å². The van der Waals surface area contributed by atoms with Crippen molar-refractivity contribution >= 4 is 22.6 Å². The van der Waals surface area contributed by atoms with Crippen LogP contribution in [0, 0.1) is 18.8 Å². The summed E-state index contributed by atoms with van der Waals surface area (Å²) in [5.41, 5.74) is 5.02. The second-order valence-electron chi connectivity index (χ2n) is 13.5. The van der Waals surface area contributed by atoms with E-state index < -0.39 is 0 Å². The maximum absolute atomic E-state index is 6.15. The zero-order valence-electron chi connectivity index (χ0n) is 27.2. The predicted molar refractivity (Wildman–Crippen MR) is 187 cm³/mol. The molecule has 6 rings (SSSR count). The van der Waals surface area contributed by atoms with Gasteiger partial charge in [-0.05, 0) is 138 Å². The van der Waals surface area contributed by atoms with E-state index in [1.165, 1.54) is 107 Å². The number of benzene rings is 3. The van der Waals surface area contributed by atoms with Gasteiger partial charge in [-0.2, -0.15) is 0 Å². The minimum absolute atomic E-state index is 0.453. The Morgan fingerprint density at radius 2 is 1.67 bits per heavy atom. The average molecular weight is 627 g/mol. The van der Waals surface area contributed by atoms with E-state index in [0.29, 0.717) is 6.61 Å². The fourth-order valence-electron chi connectivity index (χ4n) is 7.58. The fraction of sp³-hybridized carbons (Fsp3) is 0.513. The minimum Gasteiger partial charge on any atom is -0.486 e. The van der Waals surface area contributed by atoms with E-state index in [1.807, 2.05) is 24.3 Å². The molecule has 2 atom stereocenters. The lowest BCUT2D eigenvalue weighted by molar-refractivity contribution is 0.141. The molecule has 2 fully saturated rings. The van der Waals surface area contributed by atoms with Crippen LogP contribution in [0.25, 0.3) is 11.0 Å². The summed E-state index contributed by atoms with van der Waals surface area (Å²) < 4.78 is 8.54. The third-order valence-electron chi connectivity index (χ3n) is 10.0. The Morgan fingerprint density at radius 1 is 0.867 bits per heavy atom. The van der Waals surface area contributed by atoms with Crippen molar-refractivity contribution in [2.75, 3.05) is 39.3 Å². The van der Waals surface area contributed by atoms with Crippen molar-refractivity contribution < 1.29 is 4.74 Å². The van der Waals surface area contributed by atoms with Gasteiger partial charge in [0.2, 0.25) is 0 Å². The lowest BCUT2D eigenvalue weighted by Gasteiger charge is -2.35. The summed E-state index contributed by atoms with van der Waals surface area (Å²) in [5, 5.41) is 0.718. The maximum atomic E-state index is 6.15. The van der Waals surface area contributed by atoms with Crippen LogP contribution >= 0.6 is 11.6 Å². The molecule has 3 heterocycles. The smallest absolute Gasteiger partial charge is 0.148 e. The van der Waals surface area contributed by atoms with Crippen molar-refractivity contribution in [2.24, 2.45) is 11.8 Å². The summed E-state index contributed by atoms with van der Waals surface area (Å²) in [7, 11) is 0. The summed E-state index contributed by atoms with van der Waals surface area (Å²) in [5.74, 6) is 3.33. The zero-order chi connectivity index (χ0) is 30.8. The number of imidazole rings is 1. The highest BCUT2D eigenvalue weighted by atomic mass is 35.5. The maximum Gasteiger partial charge on any atom is 0.148 e. The van der Waals surface area contributed by atoms with Gasteiger partial charge < -0.3 is 19.1 Å². The standard InChI is InChI=1S/C39H51ClN4O/c1-31-11-8-16-37-39(31)41-38(30-45-36-19-17-35(40)18-20-36)44(37)25-10-15-33-14-9-24-43(28-33)26-21-34(27-32-12-4-2-5-13-32)29-42-22-6-3-7-23-42/h2,4-5,8,11-13,16-20,33-34H,3,6-7,9-10,14-15,21-30H2,1H3. The van der Waals surface area contributed by atoms with Gasteiger partial charge in [-0.3, -0.25) is 0 Å². The Morgan fingerprint density at radius 3 is 2.49 bits per heavy atom. The first kappa shape index (κ1) is 32.1. The highest BCUT2D eigenvalue weighted by Crippen LogP contribution is 2.26. The molecule has 45 heavy (non-hydrogen) atoms. The van der Waals surface area contributed by atoms with E-state index in [0.717, 1.165) is 46.9 Å². The van der Waals surface area contributed by atoms with Crippen LogP contribution in [-0.2, 0) is 19.6 Å². The Hall–Kier alpha value is -2.86. The quantitative estimate of drug-likeness (QED) is 0.140. The Bertz CT molecular complexity index is 1460. The van der Waals surface area contributed by atoms with E-state index in [4.69, 9.17) is 21.3 Å². The Balaban J connectivity index is 1.03. The van der Waals surface area contributed by atoms with Crippen LogP contribution in [0.1, 0.15) is 68.3 Å². The van der Waals surface area contributed by atoms with Crippen molar-refractivity contribution in [1.29, 1.82) is 0 Å². The van der Waals surface area contributed by atoms with Crippen molar-refractivity contribution in [2.45, 2.75) is 77.9 Å². The first-order chi connectivity index (χ1) is 22.1. The molecular weight excluding hydrogens is 576 g/mol. The van der Waals surface area contributed by atoms with Crippen LogP contribution in [0.5, 0.6) is 5.75 Å². The van der Waals surface area contributed by atoms with Gasteiger partial charge in [0, 0.05) is 24.7 Å². The van der Waals surface area contributed by atoms with E-state index in [9.17, 15) is 0 Å². The molecule has 2 aliphatic heterocycles. The predicted octanol–water partition coefficient (Wildman–Crippen LogP) is 8.80. The van der Waals surface area contributed by atoms with Crippen LogP contribution in [0.3, 0.4) is 0 Å². The fourth-order valence-corrected chi connectivity index (χ4v) is 7.71. The number of likely N-dealkylation sites (tertiary alicyclic amines) is 2. The molecule has 0 N–H and O–H groups in total. The first-order valence-electron chi connectivity index (χ1n) is 17.4. The van der Waals surface area contributed by atoms with Gasteiger partial charge in [-0.25, -0.2) is 4.98 Å². The molecule has 2 unspecified atom stereocenters. The van der Waals surface area contributed by atoms with Crippen LogP contribution in [-0.4, -0.2) is 58.6 Å². The summed E-state index contributed by atoms with van der Waals surface area (Å²) in [4.78, 5) is 10.6. The Labute approximate surface area is 275 Å². The summed E-state index contributed by atoms with van der Waals surface area (Å²) in [6.45, 7) is 11.2. The van der Waals surface area contributed by atoms with Crippen molar-refractivity contribution in [3.8, 4) is 5.75 Å². The molecule has 3 aromatic carbocycles. The van der Waals surface area contributed by atoms with Gasteiger partial charge >= 0.3 is 0 Å². The highest BCUT2D eigenvalue weighted by molar-refractivity contribution is 6.30. The first-order valence-corrected chi connectivity index (χ1v) is 17.8. The number of ether oxygens (including phenoxy) is 1. The van der Waals surface area contributed by atoms with Crippen LogP contribution in [0.15, 0.2) is 72.8 Å². The normalized spacial score (nSPS) is 18.8. The van der Waals surface area contributed by atoms with Crippen LogP contribution < -0.4 is 4.74 Å². The molecule has 240 valence electrons. The molecule has 2 aliphatic rings. The molecular formula is C39H51ClN4O. The van der Waals surface area contributed by atoms with Crippen molar-refractivity contribution in [3.63, 3.8) is 0 Å². The van der Waals surface area contributed by atoms with Gasteiger partial charge in [0.25, 0.3) is 0 Å². The summed E-state index contributed by atoms with van der Waals surface area (Å²) in [6.07, 6.45) is 11.8. The second kappa shape index (κ2) is 16.1. The number of hydrogen-bond donors (Lipinski definition) is 0. The lowest BCUT2D eigenvalue weighted by atomic mass is 9.91. The average Bonchev–Trinajstić information content (AvgIpc) is 3.43. The monoisotopic (exact) mass is 626 g/mol. The number of aromatic nitrogens is 2.